The first-order valence-corrected chi connectivity index (χ1v) is 11.4. The highest BCUT2D eigenvalue weighted by Crippen LogP contribution is 2.33. The Bertz CT molecular complexity index is 1380. The molecule has 0 bridgehead atoms. The van der Waals surface area contributed by atoms with Gasteiger partial charge in [0.15, 0.2) is 5.13 Å². The Kier molecular flexibility index (Phi) is 5.26. The second kappa shape index (κ2) is 8.26. The minimum absolute atomic E-state index is 0.292. The summed E-state index contributed by atoms with van der Waals surface area (Å²) in [6.45, 7) is 3.99. The number of rotatable bonds is 5. The van der Waals surface area contributed by atoms with Crippen LogP contribution in [0, 0.1) is 13.8 Å². The minimum atomic E-state index is -0.445. The van der Waals surface area contributed by atoms with E-state index in [4.69, 9.17) is 4.98 Å². The molecule has 0 saturated heterocycles. The average molecular weight is 456 g/mol. The summed E-state index contributed by atoms with van der Waals surface area (Å²) >= 11 is 1.44. The lowest BCUT2D eigenvalue weighted by Gasteiger charge is -2.22. The van der Waals surface area contributed by atoms with Gasteiger partial charge in [-0.05, 0) is 48.7 Å². The van der Waals surface area contributed by atoms with Crippen molar-refractivity contribution in [3.05, 3.63) is 94.5 Å². The second-order valence-corrected chi connectivity index (χ2v) is 9.11. The van der Waals surface area contributed by atoms with Gasteiger partial charge in [0.25, 0.3) is 11.8 Å². The van der Waals surface area contributed by atoms with Gasteiger partial charge < -0.3 is 0 Å². The predicted octanol–water partition coefficient (Wildman–Crippen LogP) is 4.74. The van der Waals surface area contributed by atoms with Gasteiger partial charge in [-0.3, -0.25) is 24.2 Å². The molecule has 164 valence electrons. The summed E-state index contributed by atoms with van der Waals surface area (Å²) in [6.07, 6.45) is 0. The normalized spacial score (nSPS) is 13.0. The topological polar surface area (TPSA) is 70.6 Å². The number of carbonyl (C=O) groups is 3. The van der Waals surface area contributed by atoms with Crippen molar-refractivity contribution in [2.45, 2.75) is 20.4 Å². The van der Waals surface area contributed by atoms with Gasteiger partial charge in [0.2, 0.25) is 5.91 Å². The number of hydrogen-bond acceptors (Lipinski definition) is 5. The Morgan fingerprint density at radius 3 is 2.24 bits per heavy atom. The molecule has 3 aromatic carbocycles. The largest absolute Gasteiger partial charge is 0.282 e. The van der Waals surface area contributed by atoms with E-state index in [0.29, 0.717) is 22.8 Å². The van der Waals surface area contributed by atoms with E-state index in [-0.39, 0.29) is 12.5 Å². The highest BCUT2D eigenvalue weighted by molar-refractivity contribution is 7.22. The third-order valence-electron chi connectivity index (χ3n) is 5.70. The third-order valence-corrected chi connectivity index (χ3v) is 6.93. The molecule has 0 saturated carbocycles. The summed E-state index contributed by atoms with van der Waals surface area (Å²) in [7, 11) is 0. The zero-order valence-corrected chi connectivity index (χ0v) is 19.1. The smallest absolute Gasteiger partial charge is 0.262 e. The van der Waals surface area contributed by atoms with Crippen LogP contribution in [0.1, 0.15) is 37.4 Å². The number of aromatic nitrogens is 1. The fraction of sp³-hybridized carbons (Fsp3) is 0.154. The van der Waals surface area contributed by atoms with Gasteiger partial charge in [-0.25, -0.2) is 4.98 Å². The number of fused-ring (bicyclic) bond motifs is 2. The Morgan fingerprint density at radius 2 is 1.58 bits per heavy atom. The molecule has 0 fully saturated rings. The van der Waals surface area contributed by atoms with Crippen molar-refractivity contribution in [3.8, 4) is 0 Å². The monoisotopic (exact) mass is 455 g/mol. The van der Waals surface area contributed by atoms with E-state index >= 15 is 0 Å². The van der Waals surface area contributed by atoms with Gasteiger partial charge >= 0.3 is 0 Å². The van der Waals surface area contributed by atoms with E-state index in [2.05, 4.69) is 6.07 Å². The van der Waals surface area contributed by atoms with Gasteiger partial charge in [0.1, 0.15) is 6.54 Å². The lowest BCUT2D eigenvalue weighted by atomic mass is 10.1. The lowest BCUT2D eigenvalue weighted by molar-refractivity contribution is -0.119. The van der Waals surface area contributed by atoms with E-state index in [0.717, 1.165) is 31.8 Å². The summed E-state index contributed by atoms with van der Waals surface area (Å²) in [5, 5.41) is 0.546. The van der Waals surface area contributed by atoms with Crippen molar-refractivity contribution in [3.63, 3.8) is 0 Å². The Balaban J connectivity index is 1.50. The third kappa shape index (κ3) is 3.81. The average Bonchev–Trinajstić information content (AvgIpc) is 3.33. The predicted molar refractivity (Wildman–Crippen MR) is 129 cm³/mol. The quantitative estimate of drug-likeness (QED) is 0.408. The van der Waals surface area contributed by atoms with E-state index in [9.17, 15) is 14.4 Å². The first kappa shape index (κ1) is 21.0. The van der Waals surface area contributed by atoms with Crippen LogP contribution in [0.2, 0.25) is 0 Å². The molecule has 0 N–H and O–H groups in total. The van der Waals surface area contributed by atoms with Crippen LogP contribution in [0.3, 0.4) is 0 Å². The molecule has 1 aliphatic heterocycles. The van der Waals surface area contributed by atoms with Crippen LogP contribution in [0.5, 0.6) is 0 Å². The van der Waals surface area contributed by atoms with E-state index in [1.54, 1.807) is 29.2 Å². The number of aryl methyl sites for hydroxylation is 2. The molecule has 33 heavy (non-hydrogen) atoms. The molecule has 0 radical (unpaired) electrons. The van der Waals surface area contributed by atoms with Gasteiger partial charge in [-0.15, -0.1) is 0 Å². The number of hydrogen-bond donors (Lipinski definition) is 0. The molecule has 7 heteroatoms. The van der Waals surface area contributed by atoms with Crippen molar-refractivity contribution < 1.29 is 14.4 Å². The molecule has 5 rings (SSSR count). The maximum Gasteiger partial charge on any atom is 0.262 e. The summed E-state index contributed by atoms with van der Waals surface area (Å²) in [6, 6.07) is 20.3. The number of carbonyl (C=O) groups excluding carboxylic acids is 3. The zero-order valence-electron chi connectivity index (χ0n) is 18.2. The highest BCUT2D eigenvalue weighted by atomic mass is 32.1. The molecule has 0 spiro atoms. The zero-order chi connectivity index (χ0) is 23.1. The number of amides is 3. The molecular formula is C26H21N3O3S. The maximum absolute atomic E-state index is 13.5. The number of imide groups is 1. The summed E-state index contributed by atoms with van der Waals surface area (Å²) < 4.78 is 1.02. The Hall–Kier alpha value is -3.84. The van der Waals surface area contributed by atoms with Crippen LogP contribution in [-0.4, -0.2) is 34.2 Å². The van der Waals surface area contributed by atoms with Crippen molar-refractivity contribution in [1.82, 2.24) is 9.88 Å². The number of benzene rings is 3. The molecule has 1 aliphatic rings. The molecule has 2 heterocycles. The van der Waals surface area contributed by atoms with Crippen molar-refractivity contribution in [2.24, 2.45) is 0 Å². The van der Waals surface area contributed by atoms with E-state index in [1.165, 1.54) is 11.3 Å². The molecule has 4 aromatic rings. The summed E-state index contributed by atoms with van der Waals surface area (Å²) in [4.78, 5) is 46.5. The molecule has 3 amide bonds. The van der Waals surface area contributed by atoms with Crippen LogP contribution >= 0.6 is 11.3 Å². The van der Waals surface area contributed by atoms with Crippen molar-refractivity contribution in [1.29, 1.82) is 0 Å². The first-order valence-electron chi connectivity index (χ1n) is 10.6. The van der Waals surface area contributed by atoms with Crippen LogP contribution in [0.4, 0.5) is 5.13 Å². The van der Waals surface area contributed by atoms with Crippen molar-refractivity contribution >= 4 is 44.4 Å². The molecule has 0 unspecified atom stereocenters. The van der Waals surface area contributed by atoms with Gasteiger partial charge in [0.05, 0.1) is 27.9 Å². The summed E-state index contributed by atoms with van der Waals surface area (Å²) in [5.41, 5.74) is 4.62. The van der Waals surface area contributed by atoms with Gasteiger partial charge in [0, 0.05) is 0 Å². The SMILES string of the molecule is Cc1cc(C)c2sc(N(Cc3ccccc3)C(=O)CN3C(=O)c4ccccc4C3=O)nc2c1. The molecule has 0 atom stereocenters. The Morgan fingerprint density at radius 1 is 0.939 bits per heavy atom. The highest BCUT2D eigenvalue weighted by Gasteiger charge is 2.37. The van der Waals surface area contributed by atoms with Gasteiger partial charge in [-0.1, -0.05) is 59.9 Å². The molecular weight excluding hydrogens is 434 g/mol. The number of thiazole rings is 1. The fourth-order valence-electron chi connectivity index (χ4n) is 4.11. The molecule has 0 aliphatic carbocycles. The number of nitrogens with zero attached hydrogens (tertiary/aromatic N) is 3. The van der Waals surface area contributed by atoms with Gasteiger partial charge in [-0.2, -0.15) is 0 Å². The Labute approximate surface area is 195 Å². The lowest BCUT2D eigenvalue weighted by Crippen LogP contribution is -2.42. The molecule has 1 aromatic heterocycles. The van der Waals surface area contributed by atoms with Crippen molar-refractivity contribution in [2.75, 3.05) is 11.4 Å². The molecule has 6 nitrogen and oxygen atoms in total. The fourth-order valence-corrected chi connectivity index (χ4v) is 5.14. The van der Waals surface area contributed by atoms with E-state index in [1.807, 2.05) is 50.2 Å². The first-order chi connectivity index (χ1) is 15.9. The van der Waals surface area contributed by atoms with Crippen LogP contribution in [0.25, 0.3) is 10.2 Å². The van der Waals surface area contributed by atoms with E-state index < -0.39 is 11.8 Å². The van der Waals surface area contributed by atoms with Crippen LogP contribution < -0.4 is 4.90 Å². The number of anilines is 1. The maximum atomic E-state index is 13.5. The second-order valence-electron chi connectivity index (χ2n) is 8.13. The van der Waals surface area contributed by atoms with Crippen LogP contribution in [-0.2, 0) is 11.3 Å². The standard InChI is InChI=1S/C26H21N3O3S/c1-16-12-17(2)23-21(13-16)27-26(33-23)28(14-18-8-4-3-5-9-18)22(30)15-29-24(31)19-10-6-7-11-20(19)25(29)32/h3-13H,14-15H2,1-2H3. The van der Waals surface area contributed by atoms with Crippen LogP contribution in [0.15, 0.2) is 66.7 Å². The minimum Gasteiger partial charge on any atom is -0.282 e. The summed E-state index contributed by atoms with van der Waals surface area (Å²) in [5.74, 6) is -1.25.